The standard InChI is InChI=1S/C17H27NO4S/c1-4-9-22-15-7-6-13(11-16(15)21-5-2)12-18-14(17(19)20)8-10-23-3/h6-7,11,14,18H,4-5,8-10,12H2,1-3H3,(H,19,20). The topological polar surface area (TPSA) is 67.8 Å². The Morgan fingerprint density at radius 3 is 2.70 bits per heavy atom. The van der Waals surface area contributed by atoms with E-state index in [1.165, 1.54) is 0 Å². The third-order valence-corrected chi connectivity index (χ3v) is 3.87. The second kappa shape index (κ2) is 11.2. The van der Waals surface area contributed by atoms with Gasteiger partial charge >= 0.3 is 5.97 Å². The molecule has 0 aromatic heterocycles. The molecule has 23 heavy (non-hydrogen) atoms. The number of ether oxygens (including phenoxy) is 2. The van der Waals surface area contributed by atoms with Crippen LogP contribution in [0.25, 0.3) is 0 Å². The van der Waals surface area contributed by atoms with Gasteiger partial charge in [0.15, 0.2) is 11.5 Å². The van der Waals surface area contributed by atoms with Gasteiger partial charge in [-0.25, -0.2) is 0 Å². The van der Waals surface area contributed by atoms with Crippen LogP contribution in [0.15, 0.2) is 18.2 Å². The third kappa shape index (κ3) is 7.14. The number of hydrogen-bond donors (Lipinski definition) is 2. The lowest BCUT2D eigenvalue weighted by molar-refractivity contribution is -0.139. The van der Waals surface area contributed by atoms with Gasteiger partial charge < -0.3 is 19.9 Å². The molecule has 6 heteroatoms. The number of rotatable bonds is 12. The number of benzene rings is 1. The molecule has 0 aliphatic carbocycles. The number of thioether (sulfide) groups is 1. The van der Waals surface area contributed by atoms with Crippen molar-refractivity contribution in [3.63, 3.8) is 0 Å². The SMILES string of the molecule is CCCOc1ccc(CNC(CCSC)C(=O)O)cc1OCC. The molecule has 0 fully saturated rings. The van der Waals surface area contributed by atoms with Crippen molar-refractivity contribution in [2.45, 2.75) is 39.3 Å². The van der Waals surface area contributed by atoms with E-state index in [9.17, 15) is 9.90 Å². The molecule has 2 N–H and O–H groups in total. The molecule has 0 aliphatic heterocycles. The first-order chi connectivity index (χ1) is 11.1. The predicted octanol–water partition coefficient (Wildman–Crippen LogP) is 3.17. The van der Waals surface area contributed by atoms with E-state index in [4.69, 9.17) is 9.47 Å². The summed E-state index contributed by atoms with van der Waals surface area (Å²) in [6.45, 7) is 5.68. The van der Waals surface area contributed by atoms with E-state index in [-0.39, 0.29) is 0 Å². The van der Waals surface area contributed by atoms with Crippen molar-refractivity contribution in [2.75, 3.05) is 25.2 Å². The Morgan fingerprint density at radius 1 is 1.30 bits per heavy atom. The zero-order valence-electron chi connectivity index (χ0n) is 14.1. The number of hydrogen-bond acceptors (Lipinski definition) is 5. The van der Waals surface area contributed by atoms with Gasteiger partial charge in [0.2, 0.25) is 0 Å². The summed E-state index contributed by atoms with van der Waals surface area (Å²) < 4.78 is 11.3. The summed E-state index contributed by atoms with van der Waals surface area (Å²) in [7, 11) is 0. The van der Waals surface area contributed by atoms with Gasteiger partial charge in [0.1, 0.15) is 6.04 Å². The molecule has 0 bridgehead atoms. The van der Waals surface area contributed by atoms with Crippen LogP contribution in [0.3, 0.4) is 0 Å². The van der Waals surface area contributed by atoms with Crippen molar-refractivity contribution in [3.8, 4) is 11.5 Å². The van der Waals surface area contributed by atoms with E-state index in [1.54, 1.807) is 11.8 Å². The van der Waals surface area contributed by atoms with Crippen LogP contribution in [-0.2, 0) is 11.3 Å². The average Bonchev–Trinajstić information content (AvgIpc) is 2.54. The number of carboxylic acids is 1. The van der Waals surface area contributed by atoms with Gasteiger partial charge in [0.25, 0.3) is 0 Å². The minimum atomic E-state index is -0.813. The van der Waals surface area contributed by atoms with Crippen LogP contribution in [0, 0.1) is 0 Å². The Balaban J connectivity index is 2.71. The molecule has 0 spiro atoms. The normalized spacial score (nSPS) is 12.0. The van der Waals surface area contributed by atoms with Crippen molar-refractivity contribution >= 4 is 17.7 Å². The first kappa shape index (κ1) is 19.6. The van der Waals surface area contributed by atoms with Gasteiger partial charge in [-0.15, -0.1) is 0 Å². The zero-order chi connectivity index (χ0) is 17.1. The molecule has 1 aromatic rings. The third-order valence-electron chi connectivity index (χ3n) is 3.23. The lowest BCUT2D eigenvalue weighted by Crippen LogP contribution is -2.36. The van der Waals surface area contributed by atoms with Crippen LogP contribution in [-0.4, -0.2) is 42.3 Å². The monoisotopic (exact) mass is 341 g/mol. The van der Waals surface area contributed by atoms with Gasteiger partial charge in [-0.05, 0) is 49.5 Å². The molecule has 0 saturated heterocycles. The van der Waals surface area contributed by atoms with Gasteiger partial charge in [0.05, 0.1) is 13.2 Å². The van der Waals surface area contributed by atoms with Gasteiger partial charge in [-0.1, -0.05) is 13.0 Å². The Morgan fingerprint density at radius 2 is 2.09 bits per heavy atom. The summed E-state index contributed by atoms with van der Waals surface area (Å²) in [4.78, 5) is 11.3. The van der Waals surface area contributed by atoms with Crippen molar-refractivity contribution in [1.82, 2.24) is 5.32 Å². The molecule has 0 radical (unpaired) electrons. The molecule has 1 aromatic carbocycles. The summed E-state index contributed by atoms with van der Waals surface area (Å²) in [6, 6.07) is 5.20. The van der Waals surface area contributed by atoms with Gasteiger partial charge in [-0.3, -0.25) is 4.79 Å². The predicted molar refractivity (Wildman–Crippen MR) is 94.7 cm³/mol. The highest BCUT2D eigenvalue weighted by Crippen LogP contribution is 2.28. The molecule has 0 saturated carbocycles. The molecule has 0 aliphatic rings. The fraction of sp³-hybridized carbons (Fsp3) is 0.588. The molecular weight excluding hydrogens is 314 g/mol. The molecule has 5 nitrogen and oxygen atoms in total. The minimum absolute atomic E-state index is 0.486. The summed E-state index contributed by atoms with van der Waals surface area (Å²) in [5.41, 5.74) is 0.979. The highest BCUT2D eigenvalue weighted by atomic mass is 32.2. The van der Waals surface area contributed by atoms with Crippen molar-refractivity contribution in [3.05, 3.63) is 23.8 Å². The summed E-state index contributed by atoms with van der Waals surface area (Å²) >= 11 is 1.65. The maximum absolute atomic E-state index is 11.3. The van der Waals surface area contributed by atoms with Crippen molar-refractivity contribution in [2.24, 2.45) is 0 Å². The van der Waals surface area contributed by atoms with E-state index in [0.717, 1.165) is 23.5 Å². The highest BCUT2D eigenvalue weighted by molar-refractivity contribution is 7.98. The van der Waals surface area contributed by atoms with Gasteiger partial charge in [0, 0.05) is 6.54 Å². The van der Waals surface area contributed by atoms with Crippen LogP contribution in [0.4, 0.5) is 0 Å². The maximum Gasteiger partial charge on any atom is 0.320 e. The second-order valence-corrected chi connectivity index (χ2v) is 6.10. The lowest BCUT2D eigenvalue weighted by Gasteiger charge is -2.16. The van der Waals surface area contributed by atoms with Crippen molar-refractivity contribution in [1.29, 1.82) is 0 Å². The lowest BCUT2D eigenvalue weighted by atomic mass is 10.1. The van der Waals surface area contributed by atoms with Crippen LogP contribution >= 0.6 is 11.8 Å². The van der Waals surface area contributed by atoms with E-state index in [1.807, 2.05) is 31.4 Å². The van der Waals surface area contributed by atoms with Crippen LogP contribution in [0.5, 0.6) is 11.5 Å². The Hall–Kier alpha value is -1.40. The molecule has 0 heterocycles. The molecule has 1 atom stereocenters. The highest BCUT2D eigenvalue weighted by Gasteiger charge is 2.16. The Kier molecular flexibility index (Phi) is 9.55. The number of nitrogens with one attached hydrogen (secondary N) is 1. The molecule has 0 amide bonds. The van der Waals surface area contributed by atoms with E-state index in [0.29, 0.717) is 31.9 Å². The van der Waals surface area contributed by atoms with Crippen LogP contribution in [0.2, 0.25) is 0 Å². The van der Waals surface area contributed by atoms with E-state index >= 15 is 0 Å². The molecular formula is C17H27NO4S. The maximum atomic E-state index is 11.3. The first-order valence-electron chi connectivity index (χ1n) is 7.96. The largest absolute Gasteiger partial charge is 0.490 e. The van der Waals surface area contributed by atoms with Crippen LogP contribution < -0.4 is 14.8 Å². The smallest absolute Gasteiger partial charge is 0.320 e. The second-order valence-electron chi connectivity index (χ2n) is 5.12. The Bertz CT molecular complexity index is 482. The number of carboxylic acid groups (broad SMARTS) is 1. The zero-order valence-corrected chi connectivity index (χ0v) is 14.9. The minimum Gasteiger partial charge on any atom is -0.490 e. The van der Waals surface area contributed by atoms with Crippen LogP contribution in [0.1, 0.15) is 32.3 Å². The van der Waals surface area contributed by atoms with E-state index in [2.05, 4.69) is 12.2 Å². The van der Waals surface area contributed by atoms with E-state index < -0.39 is 12.0 Å². The molecule has 1 unspecified atom stereocenters. The fourth-order valence-electron chi connectivity index (χ4n) is 2.05. The van der Waals surface area contributed by atoms with Crippen molar-refractivity contribution < 1.29 is 19.4 Å². The summed E-state index contributed by atoms with van der Waals surface area (Å²) in [5.74, 6) is 1.44. The molecule has 1 rings (SSSR count). The number of aliphatic carboxylic acids is 1. The van der Waals surface area contributed by atoms with Gasteiger partial charge in [-0.2, -0.15) is 11.8 Å². The number of carbonyl (C=O) groups is 1. The fourth-order valence-corrected chi connectivity index (χ4v) is 2.52. The first-order valence-corrected chi connectivity index (χ1v) is 9.35. The average molecular weight is 341 g/mol. The Labute approximate surface area is 142 Å². The molecule has 130 valence electrons. The quantitative estimate of drug-likeness (QED) is 0.609. The summed E-state index contributed by atoms with van der Waals surface area (Å²) in [5, 5.41) is 12.3. The summed E-state index contributed by atoms with van der Waals surface area (Å²) in [6.07, 6.45) is 3.51.